The van der Waals surface area contributed by atoms with Crippen LogP contribution < -0.4 is 11.1 Å². The molecule has 1 amide bonds. The summed E-state index contributed by atoms with van der Waals surface area (Å²) in [5.41, 5.74) is 5.87. The molecule has 0 bridgehead atoms. The van der Waals surface area contributed by atoms with Crippen molar-refractivity contribution >= 4 is 18.3 Å². The van der Waals surface area contributed by atoms with E-state index in [1.165, 1.54) is 0 Å². The van der Waals surface area contributed by atoms with Crippen molar-refractivity contribution in [3.05, 3.63) is 0 Å². The molecule has 0 saturated heterocycles. The van der Waals surface area contributed by atoms with Gasteiger partial charge in [0.25, 0.3) is 0 Å². The molecule has 0 saturated carbocycles. The van der Waals surface area contributed by atoms with Gasteiger partial charge in [0, 0.05) is 18.0 Å². The molecule has 0 radical (unpaired) electrons. The SMILES string of the molecule is CCCC(C)C(=O)NCC(N)(CC)CC.Cl. The van der Waals surface area contributed by atoms with Gasteiger partial charge in [-0.25, -0.2) is 0 Å². The number of carbonyl (C=O) groups is 1. The topological polar surface area (TPSA) is 55.1 Å². The summed E-state index contributed by atoms with van der Waals surface area (Å²) in [5.74, 6) is 0.238. The van der Waals surface area contributed by atoms with Crippen LogP contribution >= 0.6 is 12.4 Å². The Morgan fingerprint density at radius 1 is 1.31 bits per heavy atom. The molecule has 3 nitrogen and oxygen atoms in total. The summed E-state index contributed by atoms with van der Waals surface area (Å²) < 4.78 is 0. The summed E-state index contributed by atoms with van der Waals surface area (Å²) in [6, 6.07) is 0. The van der Waals surface area contributed by atoms with E-state index in [2.05, 4.69) is 26.1 Å². The second-order valence-electron chi connectivity index (χ2n) is 4.48. The first-order valence-corrected chi connectivity index (χ1v) is 6.05. The molecule has 0 aliphatic heterocycles. The van der Waals surface area contributed by atoms with Crippen molar-refractivity contribution in [2.24, 2.45) is 11.7 Å². The zero-order valence-corrected chi connectivity index (χ0v) is 11.8. The highest BCUT2D eigenvalue weighted by Crippen LogP contribution is 2.10. The monoisotopic (exact) mass is 250 g/mol. The lowest BCUT2D eigenvalue weighted by atomic mass is 9.94. The molecular formula is C12H27ClN2O. The van der Waals surface area contributed by atoms with Crippen molar-refractivity contribution in [1.82, 2.24) is 5.32 Å². The third kappa shape index (κ3) is 6.33. The lowest BCUT2D eigenvalue weighted by Gasteiger charge is -2.27. The van der Waals surface area contributed by atoms with Crippen molar-refractivity contribution in [2.75, 3.05) is 6.54 Å². The molecule has 0 spiro atoms. The molecule has 0 aromatic rings. The van der Waals surface area contributed by atoms with E-state index in [1.54, 1.807) is 0 Å². The first-order valence-electron chi connectivity index (χ1n) is 6.05. The fourth-order valence-electron chi connectivity index (χ4n) is 1.50. The predicted molar refractivity (Wildman–Crippen MR) is 71.8 cm³/mol. The highest BCUT2D eigenvalue weighted by Gasteiger charge is 2.22. The van der Waals surface area contributed by atoms with E-state index < -0.39 is 0 Å². The van der Waals surface area contributed by atoms with Crippen LogP contribution in [0.25, 0.3) is 0 Å². The van der Waals surface area contributed by atoms with Gasteiger partial charge in [-0.1, -0.05) is 34.1 Å². The van der Waals surface area contributed by atoms with Gasteiger partial charge < -0.3 is 11.1 Å². The second kappa shape index (κ2) is 8.82. The number of hydrogen-bond donors (Lipinski definition) is 2. The quantitative estimate of drug-likeness (QED) is 0.730. The third-order valence-electron chi connectivity index (χ3n) is 3.19. The van der Waals surface area contributed by atoms with Gasteiger partial charge >= 0.3 is 0 Å². The minimum atomic E-state index is -0.235. The molecule has 0 rings (SSSR count). The van der Waals surface area contributed by atoms with Crippen molar-refractivity contribution in [3.63, 3.8) is 0 Å². The summed E-state index contributed by atoms with van der Waals surface area (Å²) in [6.45, 7) is 8.77. The van der Waals surface area contributed by atoms with Gasteiger partial charge in [0.1, 0.15) is 0 Å². The lowest BCUT2D eigenvalue weighted by Crippen LogP contribution is -2.50. The average Bonchev–Trinajstić information content (AvgIpc) is 2.25. The van der Waals surface area contributed by atoms with Crippen LogP contribution in [0.5, 0.6) is 0 Å². The fourth-order valence-corrected chi connectivity index (χ4v) is 1.50. The number of nitrogens with two attached hydrogens (primary N) is 1. The molecule has 0 heterocycles. The molecule has 16 heavy (non-hydrogen) atoms. The van der Waals surface area contributed by atoms with Gasteiger partial charge in [0.05, 0.1) is 0 Å². The molecule has 0 aliphatic rings. The van der Waals surface area contributed by atoms with Crippen LogP contribution in [0, 0.1) is 5.92 Å². The van der Waals surface area contributed by atoms with Crippen LogP contribution in [-0.2, 0) is 4.79 Å². The Hall–Kier alpha value is -0.280. The van der Waals surface area contributed by atoms with E-state index >= 15 is 0 Å². The third-order valence-corrected chi connectivity index (χ3v) is 3.19. The van der Waals surface area contributed by atoms with Crippen LogP contribution in [0.3, 0.4) is 0 Å². The van der Waals surface area contributed by atoms with Gasteiger partial charge in [-0.3, -0.25) is 4.79 Å². The van der Waals surface area contributed by atoms with E-state index in [0.717, 1.165) is 25.7 Å². The van der Waals surface area contributed by atoms with Gasteiger partial charge in [-0.05, 0) is 19.3 Å². The molecule has 0 aromatic heterocycles. The van der Waals surface area contributed by atoms with E-state index in [-0.39, 0.29) is 29.8 Å². The normalized spacial score (nSPS) is 12.8. The Bertz CT molecular complexity index is 193. The minimum Gasteiger partial charge on any atom is -0.354 e. The molecule has 0 aliphatic carbocycles. The summed E-state index contributed by atoms with van der Waals surface area (Å²) in [6.07, 6.45) is 3.78. The zero-order chi connectivity index (χ0) is 11.9. The molecule has 4 heteroatoms. The van der Waals surface area contributed by atoms with Crippen LogP contribution in [0.15, 0.2) is 0 Å². The number of carbonyl (C=O) groups excluding carboxylic acids is 1. The standard InChI is InChI=1S/C12H26N2O.ClH/c1-5-8-10(4)11(15)14-9-12(13,6-2)7-3;/h10H,5-9,13H2,1-4H3,(H,14,15);1H. The molecule has 1 unspecified atom stereocenters. The molecule has 3 N–H and O–H groups in total. The number of halogens is 1. The largest absolute Gasteiger partial charge is 0.354 e. The highest BCUT2D eigenvalue weighted by atomic mass is 35.5. The number of amides is 1. The molecule has 0 aromatic carbocycles. The zero-order valence-electron chi connectivity index (χ0n) is 11.0. The second-order valence-corrected chi connectivity index (χ2v) is 4.48. The summed E-state index contributed by atoms with van der Waals surface area (Å²) in [5, 5.41) is 2.95. The fraction of sp³-hybridized carbons (Fsp3) is 0.917. The summed E-state index contributed by atoms with van der Waals surface area (Å²) >= 11 is 0. The Morgan fingerprint density at radius 2 is 1.81 bits per heavy atom. The van der Waals surface area contributed by atoms with Crippen LogP contribution in [0.4, 0.5) is 0 Å². The van der Waals surface area contributed by atoms with E-state index in [4.69, 9.17) is 5.73 Å². The molecule has 0 fully saturated rings. The van der Waals surface area contributed by atoms with Gasteiger partial charge in [-0.2, -0.15) is 0 Å². The predicted octanol–water partition coefficient (Wildman–Crippen LogP) is 2.48. The smallest absolute Gasteiger partial charge is 0.222 e. The summed E-state index contributed by atoms with van der Waals surface area (Å²) in [4.78, 5) is 11.6. The first kappa shape index (κ1) is 18.1. The number of hydrogen-bond acceptors (Lipinski definition) is 2. The van der Waals surface area contributed by atoms with Gasteiger partial charge in [0.2, 0.25) is 5.91 Å². The molecular weight excluding hydrogens is 224 g/mol. The maximum Gasteiger partial charge on any atom is 0.222 e. The van der Waals surface area contributed by atoms with Crippen LogP contribution in [0.2, 0.25) is 0 Å². The van der Waals surface area contributed by atoms with Crippen molar-refractivity contribution in [3.8, 4) is 0 Å². The summed E-state index contributed by atoms with van der Waals surface area (Å²) in [7, 11) is 0. The van der Waals surface area contributed by atoms with Gasteiger partial charge in [0.15, 0.2) is 0 Å². The van der Waals surface area contributed by atoms with Crippen molar-refractivity contribution in [1.29, 1.82) is 0 Å². The van der Waals surface area contributed by atoms with Gasteiger partial charge in [-0.15, -0.1) is 12.4 Å². The lowest BCUT2D eigenvalue weighted by molar-refractivity contribution is -0.125. The molecule has 1 atom stereocenters. The minimum absolute atomic E-state index is 0. The van der Waals surface area contributed by atoms with E-state index in [9.17, 15) is 4.79 Å². The Labute approximate surface area is 106 Å². The Kier molecular flexibility index (Phi) is 9.98. The average molecular weight is 251 g/mol. The highest BCUT2D eigenvalue weighted by molar-refractivity contribution is 5.85. The maximum atomic E-state index is 11.6. The van der Waals surface area contributed by atoms with Crippen molar-refractivity contribution in [2.45, 2.75) is 58.9 Å². The number of rotatable bonds is 7. The first-order chi connectivity index (χ1) is 6.99. The Balaban J connectivity index is 0. The van der Waals surface area contributed by atoms with E-state index in [1.807, 2.05) is 6.92 Å². The Morgan fingerprint density at radius 3 is 2.19 bits per heavy atom. The van der Waals surface area contributed by atoms with Crippen LogP contribution in [-0.4, -0.2) is 18.0 Å². The van der Waals surface area contributed by atoms with Crippen molar-refractivity contribution < 1.29 is 4.79 Å². The maximum absolute atomic E-state index is 11.6. The number of nitrogens with one attached hydrogen (secondary N) is 1. The van der Waals surface area contributed by atoms with Crippen LogP contribution in [0.1, 0.15) is 53.4 Å². The van der Waals surface area contributed by atoms with E-state index in [0.29, 0.717) is 6.54 Å². The molecule has 98 valence electrons.